The summed E-state index contributed by atoms with van der Waals surface area (Å²) in [7, 11) is 1.63. The summed E-state index contributed by atoms with van der Waals surface area (Å²) in [6, 6.07) is 3.88. The van der Waals surface area contributed by atoms with Crippen molar-refractivity contribution in [1.29, 1.82) is 0 Å². The lowest BCUT2D eigenvalue weighted by atomic mass is 10.2. The predicted molar refractivity (Wildman–Crippen MR) is 142 cm³/mol. The molecule has 1 aromatic heterocycles. The summed E-state index contributed by atoms with van der Waals surface area (Å²) in [6.45, 7) is 15.6. The zero-order valence-corrected chi connectivity index (χ0v) is 22.5. The van der Waals surface area contributed by atoms with Gasteiger partial charge in [-0.1, -0.05) is 46.3 Å². The third-order valence-electron chi connectivity index (χ3n) is 5.35. The van der Waals surface area contributed by atoms with Crippen LogP contribution in [-0.4, -0.2) is 42.6 Å². The summed E-state index contributed by atoms with van der Waals surface area (Å²) in [4.78, 5) is 18.9. The first-order chi connectivity index (χ1) is 17.0. The molecule has 1 amide bonds. The second-order valence-electron chi connectivity index (χ2n) is 8.07. The van der Waals surface area contributed by atoms with Gasteiger partial charge in [-0.25, -0.2) is 0 Å². The van der Waals surface area contributed by atoms with Gasteiger partial charge in [-0.15, -0.1) is 0 Å². The fourth-order valence-corrected chi connectivity index (χ4v) is 3.12. The maximum absolute atomic E-state index is 12.8. The largest absolute Gasteiger partial charge is 0.493 e. The summed E-state index contributed by atoms with van der Waals surface area (Å²) in [5.74, 6) is 2.44. The van der Waals surface area contributed by atoms with Crippen LogP contribution in [0.2, 0.25) is 0 Å². The van der Waals surface area contributed by atoms with E-state index in [-0.39, 0.29) is 12.5 Å². The molecule has 0 aromatic carbocycles. The van der Waals surface area contributed by atoms with Crippen molar-refractivity contribution in [3.63, 3.8) is 0 Å². The Balaban J connectivity index is 0.00000298. The highest BCUT2D eigenvalue weighted by atomic mass is 16.5. The molecule has 0 saturated heterocycles. The van der Waals surface area contributed by atoms with Crippen LogP contribution in [0.1, 0.15) is 64.6 Å². The van der Waals surface area contributed by atoms with E-state index >= 15 is 0 Å². The number of aryl methyl sites for hydroxylation is 1. The molecule has 1 fully saturated rings. The predicted octanol–water partition coefficient (Wildman–Crippen LogP) is 6.49. The minimum atomic E-state index is -0.161. The van der Waals surface area contributed by atoms with E-state index in [1.165, 1.54) is 25.0 Å². The van der Waals surface area contributed by atoms with Crippen LogP contribution < -0.4 is 0 Å². The molecule has 0 unspecified atom stereocenters. The number of allylic oxidation sites excluding steroid dienone is 2. The van der Waals surface area contributed by atoms with Crippen LogP contribution in [0, 0.1) is 12.8 Å². The van der Waals surface area contributed by atoms with E-state index in [0.717, 1.165) is 35.8 Å². The van der Waals surface area contributed by atoms with Gasteiger partial charge in [0.05, 0.1) is 19.4 Å². The first kappa shape index (κ1) is 30.0. The standard InChI is InChI=1S/C27H38N2O4.C2H6/c1-6-9-26(32-17-15-22-11-12-22)25(31-5)14-16-29(8-3)27(30)18-24(7-2)33-20-23-13-10-21(4)19-28-23;1-2/h7,9-10,13-14,18-19,22H,2,6,8,11-12,15-17,20H2,1,3-5H3;1-2H3/b24-18+,25-14+,26-9+;. The number of ether oxygens (including phenoxy) is 3. The summed E-state index contributed by atoms with van der Waals surface area (Å²) < 4.78 is 17.3. The molecule has 1 aliphatic carbocycles. The average molecular weight is 485 g/mol. The first-order valence-corrected chi connectivity index (χ1v) is 12.7. The Hall–Kier alpha value is -3.02. The van der Waals surface area contributed by atoms with Crippen LogP contribution in [0.25, 0.3) is 0 Å². The van der Waals surface area contributed by atoms with Crippen molar-refractivity contribution < 1.29 is 19.0 Å². The molecule has 1 heterocycles. The molecule has 0 bridgehead atoms. The maximum atomic E-state index is 12.8. The third-order valence-corrected chi connectivity index (χ3v) is 5.35. The fraction of sp³-hybridized carbons (Fsp3) is 0.517. The molecular formula is C29H44N2O4. The highest BCUT2D eigenvalue weighted by Gasteiger charge is 2.21. The Morgan fingerprint density at radius 2 is 1.91 bits per heavy atom. The molecule has 0 aliphatic heterocycles. The van der Waals surface area contributed by atoms with Gasteiger partial charge in [0, 0.05) is 25.4 Å². The van der Waals surface area contributed by atoms with Crippen molar-refractivity contribution in [3.05, 3.63) is 77.7 Å². The van der Waals surface area contributed by atoms with Gasteiger partial charge < -0.3 is 19.1 Å². The van der Waals surface area contributed by atoms with Gasteiger partial charge in [0.15, 0.2) is 11.5 Å². The Morgan fingerprint density at radius 3 is 2.46 bits per heavy atom. The van der Waals surface area contributed by atoms with E-state index in [2.05, 4.69) is 18.5 Å². The van der Waals surface area contributed by atoms with Gasteiger partial charge in [0.25, 0.3) is 5.91 Å². The fourth-order valence-electron chi connectivity index (χ4n) is 3.12. The van der Waals surface area contributed by atoms with Gasteiger partial charge in [-0.05, 0) is 62.5 Å². The average Bonchev–Trinajstić information content (AvgIpc) is 3.71. The molecular weight excluding hydrogens is 440 g/mol. The lowest BCUT2D eigenvalue weighted by Gasteiger charge is -2.19. The van der Waals surface area contributed by atoms with Crippen molar-refractivity contribution in [1.82, 2.24) is 9.88 Å². The molecule has 0 radical (unpaired) electrons. The van der Waals surface area contributed by atoms with E-state index in [1.54, 1.807) is 18.2 Å². The topological polar surface area (TPSA) is 60.9 Å². The van der Waals surface area contributed by atoms with Crippen LogP contribution >= 0.6 is 0 Å². The third kappa shape index (κ3) is 11.8. The minimum absolute atomic E-state index is 0.161. The zero-order chi connectivity index (χ0) is 26.1. The SMILES string of the molecule is C=C/C(=C\C(=O)N(CC)C/C=C(OC)\C(=C/CC)OCCC1CC1)OCc1ccc(C)cn1.CC. The molecule has 0 N–H and O–H groups in total. The quantitative estimate of drug-likeness (QED) is 0.162. The monoisotopic (exact) mass is 484 g/mol. The van der Waals surface area contributed by atoms with Crippen LogP contribution in [0.15, 0.2) is 66.5 Å². The number of rotatable bonds is 15. The summed E-state index contributed by atoms with van der Waals surface area (Å²) in [6.07, 6.45) is 13.2. The van der Waals surface area contributed by atoms with Gasteiger partial charge in [0.1, 0.15) is 12.4 Å². The van der Waals surface area contributed by atoms with Gasteiger partial charge >= 0.3 is 0 Å². The number of aromatic nitrogens is 1. The van der Waals surface area contributed by atoms with Crippen LogP contribution in [0.5, 0.6) is 0 Å². The van der Waals surface area contributed by atoms with E-state index in [4.69, 9.17) is 14.2 Å². The molecule has 35 heavy (non-hydrogen) atoms. The molecule has 0 spiro atoms. The Morgan fingerprint density at radius 1 is 1.17 bits per heavy atom. The molecule has 2 rings (SSSR count). The normalized spacial score (nSPS) is 13.9. The highest BCUT2D eigenvalue weighted by Crippen LogP contribution is 2.32. The number of carbonyl (C=O) groups is 1. The number of pyridine rings is 1. The minimum Gasteiger partial charge on any atom is -0.493 e. The second kappa shape index (κ2) is 17.4. The molecule has 6 nitrogen and oxygen atoms in total. The van der Waals surface area contributed by atoms with Crippen LogP contribution in [0.3, 0.4) is 0 Å². The van der Waals surface area contributed by atoms with Crippen molar-refractivity contribution in [3.8, 4) is 0 Å². The van der Waals surface area contributed by atoms with Gasteiger partial charge in [-0.3, -0.25) is 9.78 Å². The number of nitrogens with zero attached hydrogens (tertiary/aromatic N) is 2. The zero-order valence-electron chi connectivity index (χ0n) is 22.5. The van der Waals surface area contributed by atoms with Crippen molar-refractivity contribution >= 4 is 5.91 Å². The Kier molecular flexibility index (Phi) is 14.9. The molecule has 1 aliphatic rings. The molecule has 0 atom stereocenters. The smallest absolute Gasteiger partial charge is 0.250 e. The molecule has 1 aromatic rings. The number of hydrogen-bond acceptors (Lipinski definition) is 5. The van der Waals surface area contributed by atoms with E-state index in [9.17, 15) is 4.79 Å². The maximum Gasteiger partial charge on any atom is 0.250 e. The van der Waals surface area contributed by atoms with Crippen LogP contribution in [0.4, 0.5) is 0 Å². The van der Waals surface area contributed by atoms with Crippen molar-refractivity contribution in [2.45, 2.75) is 66.9 Å². The highest BCUT2D eigenvalue weighted by molar-refractivity contribution is 5.88. The second-order valence-corrected chi connectivity index (χ2v) is 8.07. The lowest BCUT2D eigenvalue weighted by Crippen LogP contribution is -2.30. The Bertz CT molecular complexity index is 852. The van der Waals surface area contributed by atoms with Crippen LogP contribution in [-0.2, 0) is 25.6 Å². The van der Waals surface area contributed by atoms with Crippen molar-refractivity contribution in [2.24, 2.45) is 5.92 Å². The first-order valence-electron chi connectivity index (χ1n) is 12.7. The van der Waals surface area contributed by atoms with Gasteiger partial charge in [0.2, 0.25) is 0 Å². The van der Waals surface area contributed by atoms with E-state index in [1.807, 2.05) is 52.0 Å². The van der Waals surface area contributed by atoms with E-state index < -0.39 is 0 Å². The van der Waals surface area contributed by atoms with E-state index in [0.29, 0.717) is 31.2 Å². The number of hydrogen-bond donors (Lipinski definition) is 0. The molecule has 6 heteroatoms. The summed E-state index contributed by atoms with van der Waals surface area (Å²) >= 11 is 0. The lowest BCUT2D eigenvalue weighted by molar-refractivity contribution is -0.125. The summed E-state index contributed by atoms with van der Waals surface area (Å²) in [5, 5.41) is 0. The summed E-state index contributed by atoms with van der Waals surface area (Å²) in [5.41, 5.74) is 1.87. The Labute approximate surface area is 212 Å². The molecule has 1 saturated carbocycles. The molecule has 194 valence electrons. The van der Waals surface area contributed by atoms with Crippen molar-refractivity contribution in [2.75, 3.05) is 26.8 Å². The number of carbonyl (C=O) groups excluding carboxylic acids is 1. The van der Waals surface area contributed by atoms with Gasteiger partial charge in [-0.2, -0.15) is 0 Å². The number of amides is 1. The number of methoxy groups -OCH3 is 1. The number of likely N-dealkylation sites (N-methyl/N-ethyl adjacent to an activating group) is 1.